The zero-order valence-corrected chi connectivity index (χ0v) is 17.5. The van der Waals surface area contributed by atoms with E-state index in [0.29, 0.717) is 24.7 Å². The number of ketones is 1. The Bertz CT molecular complexity index is 444. The van der Waals surface area contributed by atoms with E-state index in [1.165, 1.54) is 25.3 Å². The third-order valence-electron chi connectivity index (χ3n) is 5.68. The second-order valence-electron chi connectivity index (χ2n) is 7.89. The van der Waals surface area contributed by atoms with Gasteiger partial charge in [0.05, 0.1) is 12.7 Å². The van der Waals surface area contributed by atoms with Gasteiger partial charge in [0, 0.05) is 18.4 Å². The largest absolute Gasteiger partial charge is 0.463 e. The topological polar surface area (TPSA) is 63.6 Å². The Morgan fingerprint density at radius 1 is 1.15 bits per heavy atom. The molecule has 0 radical (unpaired) electrons. The molecule has 0 aromatic carbocycles. The maximum absolute atomic E-state index is 12.2. The molecule has 0 heterocycles. The number of ether oxygens (including phenoxy) is 1. The van der Waals surface area contributed by atoms with E-state index in [1.807, 2.05) is 6.08 Å². The van der Waals surface area contributed by atoms with Gasteiger partial charge in [-0.3, -0.25) is 4.79 Å². The number of rotatable bonds is 15. The number of allylic oxidation sites excluding steroid dienone is 1. The molecular weight excluding hydrogens is 340 g/mol. The van der Waals surface area contributed by atoms with Gasteiger partial charge in [-0.25, -0.2) is 4.79 Å². The lowest BCUT2D eigenvalue weighted by molar-refractivity contribution is -0.137. The second kappa shape index (κ2) is 14.8. The molecule has 1 N–H and O–H groups in total. The minimum atomic E-state index is -0.281. The first-order chi connectivity index (χ1) is 13.1. The van der Waals surface area contributed by atoms with Crippen LogP contribution in [0.4, 0.5) is 0 Å². The van der Waals surface area contributed by atoms with Crippen LogP contribution in [0.15, 0.2) is 12.2 Å². The van der Waals surface area contributed by atoms with Gasteiger partial charge in [0.1, 0.15) is 5.78 Å². The van der Waals surface area contributed by atoms with Crippen LogP contribution in [0, 0.1) is 11.8 Å². The quantitative estimate of drug-likeness (QED) is 0.235. The van der Waals surface area contributed by atoms with E-state index < -0.39 is 0 Å². The molecule has 1 aliphatic carbocycles. The molecule has 1 saturated carbocycles. The van der Waals surface area contributed by atoms with Gasteiger partial charge in [-0.2, -0.15) is 0 Å². The van der Waals surface area contributed by atoms with Crippen LogP contribution in [0.3, 0.4) is 0 Å². The van der Waals surface area contributed by atoms with Crippen LogP contribution in [-0.4, -0.2) is 29.6 Å². The van der Waals surface area contributed by atoms with Crippen molar-refractivity contribution in [2.75, 3.05) is 6.61 Å². The molecule has 27 heavy (non-hydrogen) atoms. The van der Waals surface area contributed by atoms with Crippen molar-refractivity contribution in [2.24, 2.45) is 11.8 Å². The SMILES string of the molecule is CCCCCCC(O)CC[C@H]1CCC(=O)[C@@H]1CCCCC=CC(=O)OCC. The molecule has 1 fully saturated rings. The van der Waals surface area contributed by atoms with Crippen molar-refractivity contribution < 1.29 is 19.4 Å². The Morgan fingerprint density at radius 2 is 1.96 bits per heavy atom. The van der Waals surface area contributed by atoms with Crippen LogP contribution in [0.5, 0.6) is 0 Å². The fourth-order valence-corrected chi connectivity index (χ4v) is 4.07. The summed E-state index contributed by atoms with van der Waals surface area (Å²) in [5.74, 6) is 0.778. The summed E-state index contributed by atoms with van der Waals surface area (Å²) in [7, 11) is 0. The first-order valence-corrected chi connectivity index (χ1v) is 11.1. The van der Waals surface area contributed by atoms with Gasteiger partial charge in [-0.1, -0.05) is 45.1 Å². The Morgan fingerprint density at radius 3 is 2.70 bits per heavy atom. The zero-order valence-electron chi connectivity index (χ0n) is 17.5. The van der Waals surface area contributed by atoms with Crippen molar-refractivity contribution >= 4 is 11.8 Å². The number of esters is 1. The Hall–Kier alpha value is -1.16. The number of Topliss-reactive ketones (excluding diaryl/α,β-unsaturated/α-hetero) is 1. The number of carbonyl (C=O) groups is 2. The number of hydrogen-bond acceptors (Lipinski definition) is 4. The first kappa shape index (κ1) is 23.9. The van der Waals surface area contributed by atoms with Gasteiger partial charge in [0.15, 0.2) is 0 Å². The monoisotopic (exact) mass is 380 g/mol. The van der Waals surface area contributed by atoms with Crippen LogP contribution in [0.1, 0.15) is 97.3 Å². The maximum atomic E-state index is 12.2. The molecule has 4 nitrogen and oxygen atoms in total. The highest BCUT2D eigenvalue weighted by Gasteiger charge is 2.33. The van der Waals surface area contributed by atoms with Crippen molar-refractivity contribution in [1.29, 1.82) is 0 Å². The summed E-state index contributed by atoms with van der Waals surface area (Å²) in [6.45, 7) is 4.40. The summed E-state index contributed by atoms with van der Waals surface area (Å²) in [5.41, 5.74) is 0. The van der Waals surface area contributed by atoms with Crippen molar-refractivity contribution in [3.05, 3.63) is 12.2 Å². The van der Waals surface area contributed by atoms with E-state index in [2.05, 4.69) is 6.92 Å². The van der Waals surface area contributed by atoms with Gasteiger partial charge in [0.25, 0.3) is 0 Å². The van der Waals surface area contributed by atoms with Crippen LogP contribution >= 0.6 is 0 Å². The van der Waals surface area contributed by atoms with Gasteiger partial charge in [-0.15, -0.1) is 0 Å². The molecule has 0 spiro atoms. The third kappa shape index (κ3) is 10.7. The highest BCUT2D eigenvalue weighted by atomic mass is 16.5. The zero-order chi connectivity index (χ0) is 19.9. The van der Waals surface area contributed by atoms with Crippen LogP contribution in [0.2, 0.25) is 0 Å². The number of hydrogen-bond donors (Lipinski definition) is 1. The average molecular weight is 381 g/mol. The normalized spacial score (nSPS) is 21.1. The Labute approximate surface area is 165 Å². The molecule has 1 rings (SSSR count). The minimum absolute atomic E-state index is 0.186. The molecule has 0 saturated heterocycles. The van der Waals surface area contributed by atoms with Crippen LogP contribution < -0.4 is 0 Å². The molecule has 1 aliphatic rings. The molecule has 156 valence electrons. The lowest BCUT2D eigenvalue weighted by Crippen LogP contribution is -2.17. The molecule has 0 bridgehead atoms. The smallest absolute Gasteiger partial charge is 0.330 e. The predicted octanol–water partition coefficient (Wildman–Crippen LogP) is 5.37. The van der Waals surface area contributed by atoms with E-state index in [0.717, 1.165) is 57.8 Å². The minimum Gasteiger partial charge on any atom is -0.463 e. The molecular formula is C23H40O4. The van der Waals surface area contributed by atoms with Crippen molar-refractivity contribution in [3.63, 3.8) is 0 Å². The molecule has 0 amide bonds. The molecule has 1 unspecified atom stereocenters. The van der Waals surface area contributed by atoms with E-state index in [1.54, 1.807) is 6.92 Å². The predicted molar refractivity (Wildman–Crippen MR) is 109 cm³/mol. The lowest BCUT2D eigenvalue weighted by atomic mass is 9.86. The van der Waals surface area contributed by atoms with Gasteiger partial charge in [0.2, 0.25) is 0 Å². The van der Waals surface area contributed by atoms with Crippen molar-refractivity contribution in [3.8, 4) is 0 Å². The fourth-order valence-electron chi connectivity index (χ4n) is 4.07. The summed E-state index contributed by atoms with van der Waals surface area (Å²) in [5, 5.41) is 10.2. The van der Waals surface area contributed by atoms with E-state index >= 15 is 0 Å². The van der Waals surface area contributed by atoms with Crippen LogP contribution in [0.25, 0.3) is 0 Å². The summed E-state index contributed by atoms with van der Waals surface area (Å²) >= 11 is 0. The number of aliphatic hydroxyl groups excluding tert-OH is 1. The average Bonchev–Trinajstić information content (AvgIpc) is 3.00. The molecule has 4 heteroatoms. The highest BCUT2D eigenvalue weighted by molar-refractivity contribution is 5.83. The van der Waals surface area contributed by atoms with Crippen molar-refractivity contribution in [2.45, 2.75) is 103 Å². The van der Waals surface area contributed by atoms with Gasteiger partial charge in [-0.05, 0) is 57.8 Å². The number of aliphatic hydroxyl groups is 1. The highest BCUT2D eigenvalue weighted by Crippen LogP contribution is 2.36. The molecule has 0 aromatic rings. The molecule has 0 aliphatic heterocycles. The first-order valence-electron chi connectivity index (χ1n) is 11.1. The number of carbonyl (C=O) groups excluding carboxylic acids is 2. The molecule has 0 aromatic heterocycles. The summed E-state index contributed by atoms with van der Waals surface area (Å²) in [6, 6.07) is 0. The van der Waals surface area contributed by atoms with E-state index in [4.69, 9.17) is 4.74 Å². The standard InChI is InChI=1S/C23H40O4/c1-3-5-6-9-12-20(24)17-15-19-16-18-22(25)21(19)13-10-7-8-11-14-23(26)27-4-2/h11,14,19-21,24H,3-10,12-13,15-18H2,1-2H3/t19-,20?,21+/m0/s1. The third-order valence-corrected chi connectivity index (χ3v) is 5.68. The van der Waals surface area contributed by atoms with Crippen molar-refractivity contribution in [1.82, 2.24) is 0 Å². The Kier molecular flexibility index (Phi) is 13.1. The summed E-state index contributed by atoms with van der Waals surface area (Å²) < 4.78 is 4.85. The van der Waals surface area contributed by atoms with Gasteiger partial charge >= 0.3 is 5.97 Å². The summed E-state index contributed by atoms with van der Waals surface area (Å²) in [4.78, 5) is 23.4. The summed E-state index contributed by atoms with van der Waals surface area (Å²) in [6.07, 6.45) is 16.2. The van der Waals surface area contributed by atoms with Gasteiger partial charge < -0.3 is 9.84 Å². The Balaban J connectivity index is 2.20. The molecule has 3 atom stereocenters. The fraction of sp³-hybridized carbons (Fsp3) is 0.826. The maximum Gasteiger partial charge on any atom is 0.330 e. The second-order valence-corrected chi connectivity index (χ2v) is 7.89. The van der Waals surface area contributed by atoms with E-state index in [9.17, 15) is 14.7 Å². The lowest BCUT2D eigenvalue weighted by Gasteiger charge is -2.20. The van der Waals surface area contributed by atoms with Crippen LogP contribution in [-0.2, 0) is 14.3 Å². The van der Waals surface area contributed by atoms with E-state index in [-0.39, 0.29) is 18.0 Å². The number of unbranched alkanes of at least 4 members (excludes halogenated alkanes) is 5.